The van der Waals surface area contributed by atoms with Gasteiger partial charge in [-0.05, 0) is 74.3 Å². The molecule has 0 unspecified atom stereocenters. The van der Waals surface area contributed by atoms with Gasteiger partial charge in [-0.1, -0.05) is 25.4 Å². The maximum atomic E-state index is 12.6. The number of hydrogen-bond acceptors (Lipinski definition) is 5. The van der Waals surface area contributed by atoms with E-state index in [4.69, 9.17) is 21.1 Å². The molecule has 31 heavy (non-hydrogen) atoms. The van der Waals surface area contributed by atoms with Crippen molar-refractivity contribution < 1.29 is 23.9 Å². The number of urea groups is 1. The third kappa shape index (κ3) is 6.43. The van der Waals surface area contributed by atoms with Crippen molar-refractivity contribution in [3.8, 4) is 0 Å². The number of amides is 3. The fraction of sp³-hybridized carbons (Fsp3) is 0.609. The summed E-state index contributed by atoms with van der Waals surface area (Å²) < 4.78 is 10.6. The van der Waals surface area contributed by atoms with Crippen LogP contribution in [0.3, 0.4) is 0 Å². The van der Waals surface area contributed by atoms with Gasteiger partial charge in [-0.15, -0.1) is 0 Å². The van der Waals surface area contributed by atoms with Gasteiger partial charge < -0.3 is 14.8 Å². The van der Waals surface area contributed by atoms with E-state index in [9.17, 15) is 14.4 Å². The molecule has 0 aliphatic heterocycles. The number of methoxy groups -OCH3 is 1. The summed E-state index contributed by atoms with van der Waals surface area (Å²) in [6.45, 7) is 5.93. The number of ether oxygens (including phenoxy) is 2. The Morgan fingerprint density at radius 3 is 2.16 bits per heavy atom. The second-order valence-electron chi connectivity index (χ2n) is 7.83. The van der Waals surface area contributed by atoms with Gasteiger partial charge in [-0.2, -0.15) is 0 Å². The summed E-state index contributed by atoms with van der Waals surface area (Å²) in [6, 6.07) is 3.01. The number of hydrogen-bond donors (Lipinski definition) is 2. The molecular formula is C23H33ClN2O5. The average Bonchev–Trinajstić information content (AvgIpc) is 2.74. The molecule has 0 saturated heterocycles. The highest BCUT2D eigenvalue weighted by Gasteiger charge is 2.44. The van der Waals surface area contributed by atoms with Crippen LogP contribution in [0.2, 0.25) is 5.02 Å². The third-order valence-corrected chi connectivity index (χ3v) is 6.11. The van der Waals surface area contributed by atoms with Crippen molar-refractivity contribution in [1.29, 1.82) is 0 Å². The fourth-order valence-electron chi connectivity index (χ4n) is 4.16. The molecule has 0 spiro atoms. The molecule has 1 aromatic rings. The standard InChI is InChI=1S/C23H33ClN2O5/c1-5-15-12-17(24)13-16(6-2)19(15)14-20(27)25-22(29)26-23(21(28)31-7-3)10-8-18(30-4)9-11-23/h12-13,18H,5-11,14H2,1-4H3,(H2,25,26,27,29)/t18-,23+. The molecule has 3 amide bonds. The van der Waals surface area contributed by atoms with Crippen LogP contribution < -0.4 is 10.6 Å². The van der Waals surface area contributed by atoms with Crippen molar-refractivity contribution in [2.45, 2.75) is 77.4 Å². The predicted octanol–water partition coefficient (Wildman–Crippen LogP) is 3.72. The Kier molecular flexibility index (Phi) is 9.32. The van der Waals surface area contributed by atoms with Gasteiger partial charge in [0.1, 0.15) is 5.54 Å². The summed E-state index contributed by atoms with van der Waals surface area (Å²) in [5.74, 6) is -0.916. The molecule has 8 heteroatoms. The summed E-state index contributed by atoms with van der Waals surface area (Å²) in [4.78, 5) is 37.9. The first-order chi connectivity index (χ1) is 14.8. The Hall–Kier alpha value is -2.12. The first-order valence-corrected chi connectivity index (χ1v) is 11.3. The highest BCUT2D eigenvalue weighted by Crippen LogP contribution is 2.31. The number of nitrogens with one attached hydrogen (secondary N) is 2. The van der Waals surface area contributed by atoms with Gasteiger partial charge in [0.15, 0.2) is 0 Å². The van der Waals surface area contributed by atoms with Crippen LogP contribution in [-0.4, -0.2) is 43.3 Å². The quantitative estimate of drug-likeness (QED) is 0.586. The van der Waals surface area contributed by atoms with E-state index in [-0.39, 0.29) is 19.1 Å². The van der Waals surface area contributed by atoms with Crippen LogP contribution in [0.1, 0.15) is 63.1 Å². The first-order valence-electron chi connectivity index (χ1n) is 10.9. The van der Waals surface area contributed by atoms with E-state index in [1.807, 2.05) is 26.0 Å². The van der Waals surface area contributed by atoms with Crippen molar-refractivity contribution in [1.82, 2.24) is 10.6 Å². The van der Waals surface area contributed by atoms with Gasteiger partial charge in [-0.3, -0.25) is 10.1 Å². The Morgan fingerprint density at radius 2 is 1.68 bits per heavy atom. The highest BCUT2D eigenvalue weighted by atomic mass is 35.5. The van der Waals surface area contributed by atoms with Crippen molar-refractivity contribution in [2.24, 2.45) is 0 Å². The molecule has 0 heterocycles. The van der Waals surface area contributed by atoms with Crippen LogP contribution in [0.5, 0.6) is 0 Å². The van der Waals surface area contributed by atoms with E-state index in [2.05, 4.69) is 10.6 Å². The van der Waals surface area contributed by atoms with Gasteiger partial charge >= 0.3 is 12.0 Å². The fourth-order valence-corrected chi connectivity index (χ4v) is 4.43. The normalized spacial score (nSPS) is 20.7. The number of carbonyl (C=O) groups is 3. The van der Waals surface area contributed by atoms with Crippen LogP contribution in [0.4, 0.5) is 4.79 Å². The zero-order chi connectivity index (χ0) is 23.0. The van der Waals surface area contributed by atoms with Gasteiger partial charge in [0.25, 0.3) is 0 Å². The molecule has 2 rings (SSSR count). The molecule has 1 saturated carbocycles. The zero-order valence-corrected chi connectivity index (χ0v) is 19.6. The molecule has 1 fully saturated rings. The van der Waals surface area contributed by atoms with E-state index >= 15 is 0 Å². The van der Waals surface area contributed by atoms with Gasteiger partial charge in [0, 0.05) is 12.1 Å². The lowest BCUT2D eigenvalue weighted by molar-refractivity contribution is -0.153. The second kappa shape index (κ2) is 11.5. The highest BCUT2D eigenvalue weighted by molar-refractivity contribution is 6.30. The maximum Gasteiger partial charge on any atom is 0.331 e. The minimum absolute atomic E-state index is 0.0406. The minimum Gasteiger partial charge on any atom is -0.464 e. The molecular weight excluding hydrogens is 420 g/mol. The van der Waals surface area contributed by atoms with E-state index in [0.29, 0.717) is 30.7 Å². The lowest BCUT2D eigenvalue weighted by Gasteiger charge is -2.38. The van der Waals surface area contributed by atoms with Crippen molar-refractivity contribution >= 4 is 29.5 Å². The number of rotatable bonds is 8. The average molecular weight is 453 g/mol. The van der Waals surface area contributed by atoms with Crippen LogP contribution >= 0.6 is 11.6 Å². The predicted molar refractivity (Wildman–Crippen MR) is 119 cm³/mol. The molecule has 0 radical (unpaired) electrons. The SMILES string of the molecule is CCOC(=O)[C@]1(NC(=O)NC(=O)Cc2c(CC)cc(Cl)cc2CC)CC[C@@H](OC)CC1. The van der Waals surface area contributed by atoms with Crippen molar-refractivity contribution in [3.05, 3.63) is 33.8 Å². The van der Waals surface area contributed by atoms with Gasteiger partial charge in [0.05, 0.1) is 19.1 Å². The molecule has 1 aromatic carbocycles. The van der Waals surface area contributed by atoms with Crippen molar-refractivity contribution in [3.63, 3.8) is 0 Å². The molecule has 172 valence electrons. The zero-order valence-electron chi connectivity index (χ0n) is 18.8. The number of carbonyl (C=O) groups excluding carboxylic acids is 3. The first kappa shape index (κ1) is 25.1. The Morgan fingerprint density at radius 1 is 1.10 bits per heavy atom. The molecule has 0 aromatic heterocycles. The number of esters is 1. The number of benzene rings is 1. The number of aryl methyl sites for hydroxylation is 2. The molecule has 0 atom stereocenters. The summed E-state index contributed by atoms with van der Waals surface area (Å²) in [7, 11) is 1.63. The lowest BCUT2D eigenvalue weighted by Crippen LogP contribution is -2.60. The number of imide groups is 1. The molecule has 1 aliphatic rings. The lowest BCUT2D eigenvalue weighted by atomic mass is 9.80. The van der Waals surface area contributed by atoms with E-state index < -0.39 is 23.4 Å². The Balaban J connectivity index is 2.10. The minimum atomic E-state index is -1.15. The van der Waals surface area contributed by atoms with Gasteiger partial charge in [-0.25, -0.2) is 9.59 Å². The molecule has 7 nitrogen and oxygen atoms in total. The molecule has 1 aliphatic carbocycles. The summed E-state index contributed by atoms with van der Waals surface area (Å²) >= 11 is 6.18. The van der Waals surface area contributed by atoms with E-state index in [0.717, 1.165) is 29.5 Å². The smallest absolute Gasteiger partial charge is 0.331 e. The largest absolute Gasteiger partial charge is 0.464 e. The van der Waals surface area contributed by atoms with Crippen molar-refractivity contribution in [2.75, 3.05) is 13.7 Å². The van der Waals surface area contributed by atoms with Gasteiger partial charge in [0.2, 0.25) is 5.91 Å². The topological polar surface area (TPSA) is 93.7 Å². The Bertz CT molecular complexity index is 778. The van der Waals surface area contributed by atoms with Crippen LogP contribution in [-0.2, 0) is 38.3 Å². The van der Waals surface area contributed by atoms with Crippen LogP contribution in [0, 0.1) is 0 Å². The van der Waals surface area contributed by atoms with Crippen LogP contribution in [0.15, 0.2) is 12.1 Å². The molecule has 0 bridgehead atoms. The maximum absolute atomic E-state index is 12.6. The third-order valence-electron chi connectivity index (χ3n) is 5.89. The van der Waals surface area contributed by atoms with E-state index in [1.54, 1.807) is 14.0 Å². The van der Waals surface area contributed by atoms with Crippen LogP contribution in [0.25, 0.3) is 0 Å². The summed E-state index contributed by atoms with van der Waals surface area (Å²) in [5.41, 5.74) is 1.71. The monoisotopic (exact) mass is 452 g/mol. The van der Waals surface area contributed by atoms with E-state index in [1.165, 1.54) is 0 Å². The number of halogens is 1. The second-order valence-corrected chi connectivity index (χ2v) is 8.26. The Labute approximate surface area is 189 Å². The molecule has 2 N–H and O–H groups in total. The summed E-state index contributed by atoms with van der Waals surface area (Å²) in [6.07, 6.45) is 3.59. The summed E-state index contributed by atoms with van der Waals surface area (Å²) in [5, 5.41) is 5.74.